The number of fused-ring (bicyclic) bond motifs is 17. The molecule has 6 heterocycles. The minimum atomic E-state index is -0.223. The lowest BCUT2D eigenvalue weighted by atomic mass is 9.33. The Hall–Kier alpha value is -12.4. The molecular weight excluding hydrogens is 1310 g/mol. The van der Waals surface area contributed by atoms with Crippen molar-refractivity contribution in [3.8, 4) is 50.4 Å². The summed E-state index contributed by atoms with van der Waals surface area (Å²) in [6.45, 7) is 13.8. The monoisotopic (exact) mass is 1390 g/mol. The predicted molar refractivity (Wildman–Crippen MR) is 459 cm³/mol. The summed E-state index contributed by atoms with van der Waals surface area (Å²) in [6.07, 6.45) is 11.1. The Morgan fingerprint density at radius 1 is 0.327 bits per heavy atom. The Balaban J connectivity index is 0.921. The lowest BCUT2D eigenvalue weighted by Crippen LogP contribution is -2.61. The second kappa shape index (κ2) is 24.1. The summed E-state index contributed by atoms with van der Waals surface area (Å²) >= 11 is 1.92. The largest absolute Gasteiger partial charge is 0.313 e. The molecule has 0 N–H and O–H groups in total. The van der Waals surface area contributed by atoms with Gasteiger partial charge in [0.05, 0.1) is 39.0 Å². The van der Waals surface area contributed by atoms with E-state index in [9.17, 15) is 0 Å². The van der Waals surface area contributed by atoms with Crippen LogP contribution in [0.2, 0.25) is 0 Å². The third kappa shape index (κ3) is 9.76. The first-order valence-electron chi connectivity index (χ1n) is 37.7. The number of hydrogen-bond acceptors (Lipinski definition) is 3. The van der Waals surface area contributed by atoms with Gasteiger partial charge in [-0.2, -0.15) is 0 Å². The Kier molecular flexibility index (Phi) is 14.2. The molecule has 0 unspecified atom stereocenters. The SMILES string of the molecule is CC(C)(C)c1ccc(N2c3cc(-n4c5c(c6ccccc64)/C=C\C/C=C\C5)ccc3B3c4ccc(-n5c6ccccc6c6ccccc65)cc4N(c4ccc(C(C)(C)C)cc4-c4ccccc4)c4cc(-c5cccc6c5sc5ccc7c(c8ccccc8n7-c7ccccc7)c56)cc2c43)c(-c2ccccc2)c1. The van der Waals surface area contributed by atoms with Crippen LogP contribution in [0, 0.1) is 0 Å². The van der Waals surface area contributed by atoms with E-state index >= 15 is 0 Å². The normalized spacial score (nSPS) is 14.1. The van der Waals surface area contributed by atoms with Gasteiger partial charge in [0.1, 0.15) is 0 Å². The molecule has 0 fully saturated rings. The van der Waals surface area contributed by atoms with Crippen LogP contribution in [-0.2, 0) is 17.3 Å². The molecular formula is C100H76BN5S. The Labute approximate surface area is 628 Å². The Bertz CT molecular complexity index is 6730. The van der Waals surface area contributed by atoms with Crippen LogP contribution in [0.5, 0.6) is 0 Å². The molecule has 0 radical (unpaired) electrons. The number of benzene rings is 14. The fourth-order valence-electron chi connectivity index (χ4n) is 18.2. The molecule has 14 aromatic carbocycles. The molecule has 107 heavy (non-hydrogen) atoms. The van der Waals surface area contributed by atoms with Crippen LogP contribution < -0.4 is 26.2 Å². The summed E-state index contributed by atoms with van der Waals surface area (Å²) in [5.41, 5.74) is 31.8. The fourth-order valence-corrected chi connectivity index (χ4v) is 19.4. The maximum Gasteiger partial charge on any atom is 0.252 e. The lowest BCUT2D eigenvalue weighted by molar-refractivity contribution is 0.590. The van der Waals surface area contributed by atoms with Gasteiger partial charge in [-0.1, -0.05) is 260 Å². The summed E-state index contributed by atoms with van der Waals surface area (Å²) in [4.78, 5) is 5.39. The van der Waals surface area contributed by atoms with E-state index in [1.54, 1.807) is 0 Å². The van der Waals surface area contributed by atoms with Crippen molar-refractivity contribution in [1.82, 2.24) is 13.7 Å². The van der Waals surface area contributed by atoms with Crippen LogP contribution in [-0.4, -0.2) is 20.4 Å². The van der Waals surface area contributed by atoms with E-state index in [1.165, 1.54) is 141 Å². The number of nitrogens with zero attached hydrogens (tertiary/aromatic N) is 5. The van der Waals surface area contributed by atoms with Crippen LogP contribution in [0.1, 0.15) is 70.3 Å². The zero-order valence-corrected chi connectivity index (χ0v) is 61.6. The van der Waals surface area contributed by atoms with Gasteiger partial charge in [0.15, 0.2) is 0 Å². The topological polar surface area (TPSA) is 21.3 Å². The molecule has 0 amide bonds. The van der Waals surface area contributed by atoms with E-state index in [0.717, 1.165) is 69.6 Å². The smallest absolute Gasteiger partial charge is 0.252 e. The van der Waals surface area contributed by atoms with Crippen molar-refractivity contribution >= 4 is 149 Å². The van der Waals surface area contributed by atoms with Crippen molar-refractivity contribution in [1.29, 1.82) is 0 Å². The van der Waals surface area contributed by atoms with Crippen LogP contribution in [0.25, 0.3) is 131 Å². The van der Waals surface area contributed by atoms with Gasteiger partial charge in [0.2, 0.25) is 0 Å². The maximum atomic E-state index is 2.70. The van der Waals surface area contributed by atoms with Crippen molar-refractivity contribution in [2.75, 3.05) is 9.80 Å². The van der Waals surface area contributed by atoms with Crippen molar-refractivity contribution in [2.45, 2.75) is 65.2 Å². The zero-order chi connectivity index (χ0) is 71.6. The standard InChI is InChI=1S/C100H76BN5S/c1-99(2,3)66-47-53-87(78(59-66)63-29-12-9-13-30-63)105-90-61-69(103-82-42-19-8-7-18-35-72(82)73-36-20-24-43-83(73)103)49-51-80(90)101-81-52-50-70(104-84-44-25-21-37-74(84)75-38-22-26-45-85(75)104)62-91(81)106(88-54-48-67(100(4,5)6)60-79(88)64-31-14-10-15-32-64)93-58-65(57-92(105)97(93)101)71-40-28-41-77-96-94(107-98(71)77)56-55-89-95(96)76-39-23-27-46-86(76)102(89)68-33-16-11-17-34-68/h8-41,43-62H,7,42H2,1-6H3/b19-8-,35-18-. The molecule has 0 spiro atoms. The summed E-state index contributed by atoms with van der Waals surface area (Å²) in [5, 5.41) is 8.81. The number of rotatable bonds is 8. The van der Waals surface area contributed by atoms with Crippen molar-refractivity contribution in [3.05, 3.63) is 344 Å². The quantitative estimate of drug-likeness (QED) is 0.112. The van der Waals surface area contributed by atoms with Gasteiger partial charge in [-0.05, 0) is 176 Å². The molecule has 510 valence electrons. The molecule has 1 aliphatic carbocycles. The second-order valence-corrected chi connectivity index (χ2v) is 32.5. The number of allylic oxidation sites excluding steroid dienone is 3. The van der Waals surface area contributed by atoms with Gasteiger partial charge in [0.25, 0.3) is 6.71 Å². The van der Waals surface area contributed by atoms with Crippen LogP contribution in [0.4, 0.5) is 34.1 Å². The van der Waals surface area contributed by atoms with Gasteiger partial charge >= 0.3 is 0 Å². The summed E-state index contributed by atoms with van der Waals surface area (Å²) in [7, 11) is 0. The summed E-state index contributed by atoms with van der Waals surface area (Å²) < 4.78 is 10.1. The molecule has 2 aliphatic heterocycles. The number of para-hydroxylation sites is 5. The Morgan fingerprint density at radius 2 is 0.822 bits per heavy atom. The van der Waals surface area contributed by atoms with E-state index < -0.39 is 0 Å². The average Bonchev–Trinajstić information content (AvgIpc) is 0.996. The first-order valence-corrected chi connectivity index (χ1v) is 38.5. The fraction of sp³-hybridized carbons (Fsp3) is 0.100. The zero-order valence-electron chi connectivity index (χ0n) is 60.8. The van der Waals surface area contributed by atoms with Gasteiger partial charge in [-0.25, -0.2) is 0 Å². The van der Waals surface area contributed by atoms with Crippen LogP contribution >= 0.6 is 11.3 Å². The second-order valence-electron chi connectivity index (χ2n) is 31.4. The third-order valence-electron chi connectivity index (χ3n) is 23.2. The van der Waals surface area contributed by atoms with E-state index in [4.69, 9.17) is 0 Å². The lowest BCUT2D eigenvalue weighted by Gasteiger charge is -2.45. The van der Waals surface area contributed by atoms with E-state index in [0.29, 0.717) is 0 Å². The first-order chi connectivity index (χ1) is 52.4. The molecule has 5 nitrogen and oxygen atoms in total. The first kappa shape index (κ1) is 63.1. The summed E-state index contributed by atoms with van der Waals surface area (Å²) in [5.74, 6) is 0. The van der Waals surface area contributed by atoms with Crippen LogP contribution in [0.15, 0.2) is 322 Å². The molecule has 0 saturated carbocycles. The molecule has 0 saturated heterocycles. The predicted octanol–water partition coefficient (Wildman–Crippen LogP) is 25.4. The molecule has 0 atom stereocenters. The number of aromatic nitrogens is 3. The van der Waals surface area contributed by atoms with E-state index in [1.807, 2.05) is 11.3 Å². The molecule has 3 aliphatic rings. The molecule has 21 rings (SSSR count). The third-order valence-corrected chi connectivity index (χ3v) is 24.4. The van der Waals surface area contributed by atoms with Gasteiger partial charge in [0, 0.05) is 116 Å². The van der Waals surface area contributed by atoms with Gasteiger partial charge in [-0.3, -0.25) is 0 Å². The van der Waals surface area contributed by atoms with Crippen LogP contribution in [0.3, 0.4) is 0 Å². The Morgan fingerprint density at radius 3 is 1.40 bits per heavy atom. The number of anilines is 6. The van der Waals surface area contributed by atoms with E-state index in [-0.39, 0.29) is 17.5 Å². The van der Waals surface area contributed by atoms with E-state index in [2.05, 4.69) is 393 Å². The summed E-state index contributed by atoms with van der Waals surface area (Å²) in [6, 6.07) is 116. The highest BCUT2D eigenvalue weighted by atomic mass is 32.1. The molecule has 18 aromatic rings. The molecule has 4 aromatic heterocycles. The highest BCUT2D eigenvalue weighted by Gasteiger charge is 2.45. The van der Waals surface area contributed by atoms with Crippen molar-refractivity contribution in [2.24, 2.45) is 0 Å². The number of thiophene rings is 1. The minimum absolute atomic E-state index is 0.138. The number of hydrogen-bond donors (Lipinski definition) is 0. The molecule has 0 bridgehead atoms. The maximum absolute atomic E-state index is 2.70. The van der Waals surface area contributed by atoms with Gasteiger partial charge < -0.3 is 23.5 Å². The molecule has 7 heteroatoms. The van der Waals surface area contributed by atoms with Crippen molar-refractivity contribution < 1.29 is 0 Å². The minimum Gasteiger partial charge on any atom is -0.313 e. The van der Waals surface area contributed by atoms with Gasteiger partial charge in [-0.15, -0.1) is 11.3 Å². The average molecular weight is 1390 g/mol. The highest BCUT2D eigenvalue weighted by molar-refractivity contribution is 7.26. The highest BCUT2D eigenvalue weighted by Crippen LogP contribution is 2.54. The van der Waals surface area contributed by atoms with Crippen molar-refractivity contribution in [3.63, 3.8) is 0 Å².